The second-order valence-corrected chi connectivity index (χ2v) is 3.66. The van der Waals surface area contributed by atoms with Crippen molar-refractivity contribution in [1.82, 2.24) is 4.98 Å². The van der Waals surface area contributed by atoms with Crippen LogP contribution in [0.5, 0.6) is 0 Å². The Morgan fingerprint density at radius 1 is 1.50 bits per heavy atom. The van der Waals surface area contributed by atoms with Crippen molar-refractivity contribution in [2.24, 2.45) is 5.73 Å². The molecule has 16 heavy (non-hydrogen) atoms. The molecule has 0 amide bonds. The molecule has 0 saturated heterocycles. The highest BCUT2D eigenvalue weighted by molar-refractivity contribution is 5.77. The number of hydrogen-bond donors (Lipinski definition) is 2. The van der Waals surface area contributed by atoms with E-state index in [1.807, 2.05) is 36.2 Å². The topological polar surface area (TPSA) is 79.1 Å². The van der Waals surface area contributed by atoms with Gasteiger partial charge in [0.25, 0.3) is 6.01 Å². The second kappa shape index (κ2) is 4.22. The molecule has 0 saturated carbocycles. The predicted molar refractivity (Wildman–Crippen MR) is 63.8 cm³/mol. The van der Waals surface area contributed by atoms with Crippen molar-refractivity contribution in [3.05, 3.63) is 24.3 Å². The van der Waals surface area contributed by atoms with Gasteiger partial charge in [0.2, 0.25) is 0 Å². The average molecular weight is 218 g/mol. The Balaban J connectivity index is 2.16. The average Bonchev–Trinajstić information content (AvgIpc) is 2.69. The summed E-state index contributed by atoms with van der Waals surface area (Å²) in [4.78, 5) is 6.19. The van der Waals surface area contributed by atoms with Crippen molar-refractivity contribution >= 4 is 22.9 Å². The van der Waals surface area contributed by atoms with Crippen molar-refractivity contribution in [3.8, 4) is 0 Å². The van der Waals surface area contributed by atoms with Gasteiger partial charge in [0.05, 0.1) is 5.84 Å². The minimum atomic E-state index is 0.169. The van der Waals surface area contributed by atoms with E-state index in [4.69, 9.17) is 15.6 Å². The summed E-state index contributed by atoms with van der Waals surface area (Å²) in [7, 11) is 1.87. The quantitative estimate of drug-likeness (QED) is 0.603. The normalized spacial score (nSPS) is 10.6. The molecule has 0 aliphatic carbocycles. The van der Waals surface area contributed by atoms with Crippen LogP contribution >= 0.6 is 0 Å². The van der Waals surface area contributed by atoms with Gasteiger partial charge in [0, 0.05) is 20.0 Å². The minimum Gasteiger partial charge on any atom is -0.423 e. The molecule has 5 nitrogen and oxygen atoms in total. The number of amidine groups is 1. The molecular weight excluding hydrogens is 204 g/mol. The van der Waals surface area contributed by atoms with Crippen molar-refractivity contribution < 1.29 is 4.42 Å². The molecule has 0 aliphatic rings. The fraction of sp³-hybridized carbons (Fsp3) is 0.273. The first-order valence-corrected chi connectivity index (χ1v) is 5.06. The van der Waals surface area contributed by atoms with E-state index in [0.29, 0.717) is 19.0 Å². The highest BCUT2D eigenvalue weighted by Gasteiger charge is 2.09. The number of fused-ring (bicyclic) bond motifs is 1. The van der Waals surface area contributed by atoms with E-state index in [1.54, 1.807) is 0 Å². The zero-order valence-electron chi connectivity index (χ0n) is 9.10. The summed E-state index contributed by atoms with van der Waals surface area (Å²) in [6.07, 6.45) is 0.509. The van der Waals surface area contributed by atoms with E-state index < -0.39 is 0 Å². The number of aromatic nitrogens is 1. The summed E-state index contributed by atoms with van der Waals surface area (Å²) in [6.45, 7) is 0.627. The molecule has 0 fully saturated rings. The SMILES string of the molecule is CN(CCC(=N)N)c1nc2ccccc2o1. The minimum absolute atomic E-state index is 0.169. The van der Waals surface area contributed by atoms with Gasteiger partial charge in [0.1, 0.15) is 5.52 Å². The maximum Gasteiger partial charge on any atom is 0.298 e. The van der Waals surface area contributed by atoms with E-state index >= 15 is 0 Å². The Labute approximate surface area is 93.4 Å². The Morgan fingerprint density at radius 2 is 2.25 bits per heavy atom. The summed E-state index contributed by atoms with van der Waals surface area (Å²) in [5.74, 6) is 0.169. The van der Waals surface area contributed by atoms with Crippen LogP contribution in [-0.4, -0.2) is 24.4 Å². The first-order valence-electron chi connectivity index (χ1n) is 5.06. The van der Waals surface area contributed by atoms with Crippen LogP contribution in [0.25, 0.3) is 11.1 Å². The second-order valence-electron chi connectivity index (χ2n) is 3.66. The molecule has 0 bridgehead atoms. The van der Waals surface area contributed by atoms with E-state index in [1.165, 1.54) is 0 Å². The molecule has 0 atom stereocenters. The number of hydrogen-bond acceptors (Lipinski definition) is 4. The Bertz CT molecular complexity index is 472. The largest absolute Gasteiger partial charge is 0.423 e. The van der Waals surface area contributed by atoms with Crippen molar-refractivity contribution in [2.75, 3.05) is 18.5 Å². The van der Waals surface area contributed by atoms with Crippen LogP contribution in [0.15, 0.2) is 28.7 Å². The summed E-state index contributed by atoms with van der Waals surface area (Å²) in [5, 5.41) is 7.16. The first kappa shape index (κ1) is 10.5. The van der Waals surface area contributed by atoms with E-state index in [9.17, 15) is 0 Å². The number of nitrogens with zero attached hydrogens (tertiary/aromatic N) is 2. The standard InChI is InChI=1S/C11H14N4O/c1-15(7-6-10(12)13)11-14-8-4-2-3-5-9(8)16-11/h2-5H,6-7H2,1H3,(H3,12,13). The maximum absolute atomic E-state index is 7.16. The first-order chi connectivity index (χ1) is 7.66. The van der Waals surface area contributed by atoms with Crippen LogP contribution in [0.1, 0.15) is 6.42 Å². The van der Waals surface area contributed by atoms with E-state index in [0.717, 1.165) is 11.1 Å². The highest BCUT2D eigenvalue weighted by atomic mass is 16.4. The number of benzene rings is 1. The lowest BCUT2D eigenvalue weighted by Crippen LogP contribution is -2.23. The van der Waals surface area contributed by atoms with Crippen LogP contribution in [0.2, 0.25) is 0 Å². The number of nitrogens with one attached hydrogen (secondary N) is 1. The van der Waals surface area contributed by atoms with Gasteiger partial charge in [-0.25, -0.2) is 0 Å². The van der Waals surface area contributed by atoms with Gasteiger partial charge in [-0.05, 0) is 12.1 Å². The lowest BCUT2D eigenvalue weighted by Gasteiger charge is -2.12. The highest BCUT2D eigenvalue weighted by Crippen LogP contribution is 2.20. The Morgan fingerprint density at radius 3 is 2.94 bits per heavy atom. The third-order valence-electron chi connectivity index (χ3n) is 2.33. The van der Waals surface area contributed by atoms with Crippen molar-refractivity contribution in [1.29, 1.82) is 5.41 Å². The van der Waals surface area contributed by atoms with Crippen LogP contribution in [0.3, 0.4) is 0 Å². The number of nitrogens with two attached hydrogens (primary N) is 1. The third kappa shape index (κ3) is 2.13. The number of para-hydroxylation sites is 2. The maximum atomic E-state index is 7.16. The van der Waals surface area contributed by atoms with E-state index in [2.05, 4.69) is 4.98 Å². The molecule has 0 radical (unpaired) electrons. The Hall–Kier alpha value is -2.04. The Kier molecular flexibility index (Phi) is 2.76. The molecule has 1 aromatic heterocycles. The summed E-state index contributed by atoms with van der Waals surface area (Å²) in [6, 6.07) is 8.17. The van der Waals surface area contributed by atoms with Gasteiger partial charge in [-0.2, -0.15) is 4.98 Å². The number of oxazole rings is 1. The molecule has 5 heteroatoms. The molecule has 3 N–H and O–H groups in total. The summed E-state index contributed by atoms with van der Waals surface area (Å²) >= 11 is 0. The fourth-order valence-corrected chi connectivity index (χ4v) is 1.41. The smallest absolute Gasteiger partial charge is 0.298 e. The lowest BCUT2D eigenvalue weighted by molar-refractivity contribution is 0.585. The zero-order chi connectivity index (χ0) is 11.5. The molecule has 2 rings (SSSR count). The zero-order valence-corrected chi connectivity index (χ0v) is 9.10. The van der Waals surface area contributed by atoms with Crippen LogP contribution in [0, 0.1) is 5.41 Å². The molecule has 1 aromatic carbocycles. The molecule has 0 spiro atoms. The molecular formula is C11H14N4O. The summed E-state index contributed by atoms with van der Waals surface area (Å²) < 4.78 is 5.57. The fourth-order valence-electron chi connectivity index (χ4n) is 1.41. The van der Waals surface area contributed by atoms with Gasteiger partial charge in [-0.1, -0.05) is 12.1 Å². The van der Waals surface area contributed by atoms with Crippen LogP contribution < -0.4 is 10.6 Å². The van der Waals surface area contributed by atoms with Crippen LogP contribution in [0.4, 0.5) is 6.01 Å². The van der Waals surface area contributed by atoms with Crippen molar-refractivity contribution in [2.45, 2.75) is 6.42 Å². The van der Waals surface area contributed by atoms with Gasteiger partial charge in [0.15, 0.2) is 5.58 Å². The molecule has 1 heterocycles. The lowest BCUT2D eigenvalue weighted by atomic mass is 10.3. The number of rotatable bonds is 4. The van der Waals surface area contributed by atoms with Crippen molar-refractivity contribution in [3.63, 3.8) is 0 Å². The van der Waals surface area contributed by atoms with E-state index in [-0.39, 0.29) is 5.84 Å². The van der Waals surface area contributed by atoms with Crippen LogP contribution in [-0.2, 0) is 0 Å². The monoisotopic (exact) mass is 218 g/mol. The summed E-state index contributed by atoms with van der Waals surface area (Å²) in [5.41, 5.74) is 6.91. The predicted octanol–water partition coefficient (Wildman–Crippen LogP) is 1.59. The van der Waals surface area contributed by atoms with Gasteiger partial charge < -0.3 is 15.1 Å². The molecule has 2 aromatic rings. The molecule has 0 unspecified atom stereocenters. The molecule has 0 aliphatic heterocycles. The van der Waals surface area contributed by atoms with Gasteiger partial charge in [-0.15, -0.1) is 0 Å². The molecule has 84 valence electrons. The number of anilines is 1. The van der Waals surface area contributed by atoms with Gasteiger partial charge in [-0.3, -0.25) is 5.41 Å². The van der Waals surface area contributed by atoms with Gasteiger partial charge >= 0.3 is 0 Å². The third-order valence-corrected chi connectivity index (χ3v) is 2.33.